The van der Waals surface area contributed by atoms with Gasteiger partial charge in [-0.15, -0.1) is 0 Å². The van der Waals surface area contributed by atoms with Crippen LogP contribution in [0.2, 0.25) is 0 Å². The number of rotatable bonds is 3. The average molecular weight is 199 g/mol. The van der Waals surface area contributed by atoms with Crippen molar-refractivity contribution >= 4 is 0 Å². The summed E-state index contributed by atoms with van der Waals surface area (Å²) in [5.41, 5.74) is 0. The minimum absolute atomic E-state index is 0.158. The molecule has 0 aromatic heterocycles. The highest BCUT2D eigenvalue weighted by molar-refractivity contribution is 4.87. The fourth-order valence-corrected chi connectivity index (χ4v) is 3.03. The van der Waals surface area contributed by atoms with Crippen LogP contribution in [0.5, 0.6) is 0 Å². The fourth-order valence-electron chi connectivity index (χ4n) is 3.03. The molecule has 2 aliphatic rings. The van der Waals surface area contributed by atoms with E-state index in [0.29, 0.717) is 6.04 Å². The van der Waals surface area contributed by atoms with Gasteiger partial charge in [-0.25, -0.2) is 4.39 Å². The second kappa shape index (κ2) is 4.61. The molecule has 0 aliphatic heterocycles. The van der Waals surface area contributed by atoms with Gasteiger partial charge in [0.25, 0.3) is 0 Å². The Balaban J connectivity index is 1.78. The number of hydrogen-bond donors (Lipinski definition) is 1. The van der Waals surface area contributed by atoms with Gasteiger partial charge in [-0.05, 0) is 44.9 Å². The average Bonchev–Trinajstić information content (AvgIpc) is 2.77. The lowest BCUT2D eigenvalue weighted by Gasteiger charge is -2.25. The standard InChI is InChI=1S/C12H22FN/c1-9(10-5-2-3-6-10)14-12-8-4-7-11(12)13/h9-12,14H,2-8H2,1H3/t9?,11-,12+/m1/s1. The number of halogens is 1. The summed E-state index contributed by atoms with van der Waals surface area (Å²) in [5.74, 6) is 0.808. The van der Waals surface area contributed by atoms with Crippen LogP contribution in [0.4, 0.5) is 4.39 Å². The van der Waals surface area contributed by atoms with Gasteiger partial charge in [0.2, 0.25) is 0 Å². The Kier molecular flexibility index (Phi) is 3.42. The summed E-state index contributed by atoms with van der Waals surface area (Å²) >= 11 is 0. The topological polar surface area (TPSA) is 12.0 Å². The van der Waals surface area contributed by atoms with Gasteiger partial charge in [0.15, 0.2) is 0 Å². The molecule has 1 unspecified atom stereocenters. The molecule has 14 heavy (non-hydrogen) atoms. The minimum Gasteiger partial charge on any atom is -0.308 e. The lowest BCUT2D eigenvalue weighted by molar-refractivity contribution is 0.244. The van der Waals surface area contributed by atoms with Crippen molar-refractivity contribution in [3.8, 4) is 0 Å². The number of hydrogen-bond acceptors (Lipinski definition) is 1. The van der Waals surface area contributed by atoms with Crippen LogP contribution in [0.25, 0.3) is 0 Å². The molecule has 2 fully saturated rings. The van der Waals surface area contributed by atoms with Crippen molar-refractivity contribution in [2.45, 2.75) is 70.1 Å². The molecule has 1 N–H and O–H groups in total. The lowest BCUT2D eigenvalue weighted by atomic mass is 9.98. The fraction of sp³-hybridized carbons (Fsp3) is 1.00. The second-order valence-corrected chi connectivity index (χ2v) is 5.05. The van der Waals surface area contributed by atoms with E-state index in [-0.39, 0.29) is 6.04 Å². The number of alkyl halides is 1. The van der Waals surface area contributed by atoms with Gasteiger partial charge in [-0.2, -0.15) is 0 Å². The molecule has 0 spiro atoms. The molecule has 1 nitrogen and oxygen atoms in total. The van der Waals surface area contributed by atoms with Gasteiger partial charge in [0.05, 0.1) is 0 Å². The Bertz CT molecular complexity index is 177. The monoisotopic (exact) mass is 199 g/mol. The Labute approximate surface area is 86.5 Å². The van der Waals surface area contributed by atoms with E-state index in [1.54, 1.807) is 0 Å². The van der Waals surface area contributed by atoms with Crippen molar-refractivity contribution in [3.63, 3.8) is 0 Å². The van der Waals surface area contributed by atoms with E-state index in [1.165, 1.54) is 25.7 Å². The smallest absolute Gasteiger partial charge is 0.115 e. The molecule has 0 aromatic rings. The molecule has 2 rings (SSSR count). The van der Waals surface area contributed by atoms with Gasteiger partial charge in [0, 0.05) is 12.1 Å². The first-order valence-corrected chi connectivity index (χ1v) is 6.17. The molecule has 0 heterocycles. The predicted molar refractivity (Wildman–Crippen MR) is 57.1 cm³/mol. The lowest BCUT2D eigenvalue weighted by Crippen LogP contribution is -2.42. The highest BCUT2D eigenvalue weighted by Gasteiger charge is 2.30. The van der Waals surface area contributed by atoms with E-state index >= 15 is 0 Å². The van der Waals surface area contributed by atoms with Crippen molar-refractivity contribution < 1.29 is 4.39 Å². The van der Waals surface area contributed by atoms with E-state index in [1.807, 2.05) is 0 Å². The van der Waals surface area contributed by atoms with Crippen molar-refractivity contribution in [2.75, 3.05) is 0 Å². The maximum absolute atomic E-state index is 13.4. The van der Waals surface area contributed by atoms with Crippen LogP contribution in [0.1, 0.15) is 51.9 Å². The van der Waals surface area contributed by atoms with Gasteiger partial charge < -0.3 is 5.32 Å². The molecule has 82 valence electrons. The summed E-state index contributed by atoms with van der Waals surface area (Å²) < 4.78 is 13.4. The van der Waals surface area contributed by atoms with Gasteiger partial charge in [-0.1, -0.05) is 12.8 Å². The Morgan fingerprint density at radius 2 is 1.79 bits per heavy atom. The Hall–Kier alpha value is -0.110. The van der Waals surface area contributed by atoms with Crippen LogP contribution in [-0.4, -0.2) is 18.3 Å². The number of nitrogens with one attached hydrogen (secondary N) is 1. The zero-order valence-electron chi connectivity index (χ0n) is 9.14. The van der Waals surface area contributed by atoms with Crippen LogP contribution in [0, 0.1) is 5.92 Å². The highest BCUT2D eigenvalue weighted by atomic mass is 19.1. The van der Waals surface area contributed by atoms with Crippen LogP contribution in [-0.2, 0) is 0 Å². The van der Waals surface area contributed by atoms with Gasteiger partial charge in [-0.3, -0.25) is 0 Å². The van der Waals surface area contributed by atoms with E-state index < -0.39 is 6.17 Å². The normalized spacial score (nSPS) is 36.4. The zero-order valence-corrected chi connectivity index (χ0v) is 9.14. The second-order valence-electron chi connectivity index (χ2n) is 5.05. The van der Waals surface area contributed by atoms with Crippen molar-refractivity contribution in [1.82, 2.24) is 5.32 Å². The van der Waals surface area contributed by atoms with Crippen LogP contribution >= 0.6 is 0 Å². The summed E-state index contributed by atoms with van der Waals surface area (Å²) in [6, 6.07) is 0.685. The van der Waals surface area contributed by atoms with E-state index in [0.717, 1.165) is 25.2 Å². The summed E-state index contributed by atoms with van der Waals surface area (Å²) in [5, 5.41) is 3.50. The van der Waals surface area contributed by atoms with E-state index in [2.05, 4.69) is 12.2 Å². The minimum atomic E-state index is -0.584. The third-order valence-corrected chi connectivity index (χ3v) is 4.02. The molecule has 2 aliphatic carbocycles. The SMILES string of the molecule is CC(N[C@H]1CCC[C@H]1F)C1CCCC1. The molecular weight excluding hydrogens is 177 g/mol. The molecule has 2 saturated carbocycles. The van der Waals surface area contributed by atoms with Crippen molar-refractivity contribution in [2.24, 2.45) is 5.92 Å². The molecular formula is C12H22FN. The molecule has 0 radical (unpaired) electrons. The van der Waals surface area contributed by atoms with Crippen LogP contribution in [0.3, 0.4) is 0 Å². The largest absolute Gasteiger partial charge is 0.308 e. The molecule has 0 bridgehead atoms. The van der Waals surface area contributed by atoms with Gasteiger partial charge in [0.1, 0.15) is 6.17 Å². The van der Waals surface area contributed by atoms with Gasteiger partial charge >= 0.3 is 0 Å². The molecule has 0 amide bonds. The maximum Gasteiger partial charge on any atom is 0.115 e. The zero-order chi connectivity index (χ0) is 9.97. The van der Waals surface area contributed by atoms with Crippen molar-refractivity contribution in [1.29, 1.82) is 0 Å². The van der Waals surface area contributed by atoms with E-state index in [4.69, 9.17) is 0 Å². The Morgan fingerprint density at radius 1 is 1.07 bits per heavy atom. The van der Waals surface area contributed by atoms with Crippen LogP contribution < -0.4 is 5.32 Å². The quantitative estimate of drug-likeness (QED) is 0.736. The summed E-state index contributed by atoms with van der Waals surface area (Å²) in [6.45, 7) is 2.24. The van der Waals surface area contributed by atoms with Crippen molar-refractivity contribution in [3.05, 3.63) is 0 Å². The predicted octanol–water partition coefficient (Wildman–Crippen LogP) is 3.05. The molecule has 0 aromatic carbocycles. The first-order chi connectivity index (χ1) is 6.77. The highest BCUT2D eigenvalue weighted by Crippen LogP contribution is 2.29. The third kappa shape index (κ3) is 2.28. The maximum atomic E-state index is 13.4. The third-order valence-electron chi connectivity index (χ3n) is 4.02. The summed E-state index contributed by atoms with van der Waals surface area (Å²) in [4.78, 5) is 0. The first-order valence-electron chi connectivity index (χ1n) is 6.17. The molecule has 3 atom stereocenters. The Morgan fingerprint density at radius 3 is 2.36 bits per heavy atom. The molecule has 0 saturated heterocycles. The summed E-state index contributed by atoms with van der Waals surface area (Å²) in [7, 11) is 0. The van der Waals surface area contributed by atoms with Crippen LogP contribution in [0.15, 0.2) is 0 Å². The first kappa shape index (κ1) is 10.4. The van der Waals surface area contributed by atoms with E-state index in [9.17, 15) is 4.39 Å². The molecule has 2 heteroatoms. The summed E-state index contributed by atoms with van der Waals surface area (Å²) in [6.07, 6.45) is 7.74.